The Morgan fingerprint density at radius 1 is 0.730 bits per heavy atom. The predicted octanol–water partition coefficient (Wildman–Crippen LogP) is 4.46. The molecule has 1 N–H and O–H groups in total. The van der Waals surface area contributed by atoms with E-state index in [0.29, 0.717) is 13.2 Å². The number of methoxy groups -OCH3 is 1. The van der Waals surface area contributed by atoms with Gasteiger partial charge in [0.05, 0.1) is 7.11 Å². The highest BCUT2D eigenvalue weighted by molar-refractivity contribution is 5.40. The number of ether oxygens (including phenoxy) is 3. The summed E-state index contributed by atoms with van der Waals surface area (Å²) < 4.78 is 16.9. The van der Waals surface area contributed by atoms with Crippen LogP contribution in [0.1, 0.15) is 25.0 Å². The molecule has 1 aliphatic rings. The highest BCUT2D eigenvalue weighted by atomic mass is 16.5. The lowest BCUT2D eigenvalue weighted by Gasteiger charge is -2.35. The Balaban J connectivity index is 1.14. The van der Waals surface area contributed by atoms with Crippen LogP contribution >= 0.6 is 0 Å². The average Bonchev–Trinajstić information content (AvgIpc) is 2.94. The van der Waals surface area contributed by atoms with Gasteiger partial charge < -0.3 is 19.3 Å². The van der Waals surface area contributed by atoms with E-state index in [1.807, 2.05) is 42.5 Å². The van der Waals surface area contributed by atoms with Crippen molar-refractivity contribution in [3.63, 3.8) is 0 Å². The lowest BCUT2D eigenvalue weighted by molar-refractivity contribution is 0.0436. The van der Waals surface area contributed by atoms with E-state index < -0.39 is 6.10 Å². The van der Waals surface area contributed by atoms with Gasteiger partial charge in [-0.15, -0.1) is 0 Å². The van der Waals surface area contributed by atoms with Gasteiger partial charge in [0.25, 0.3) is 0 Å². The Morgan fingerprint density at radius 3 is 1.92 bits per heavy atom. The molecule has 0 amide bonds. The van der Waals surface area contributed by atoms with E-state index in [1.165, 1.54) is 11.1 Å². The van der Waals surface area contributed by atoms with Crippen LogP contribution in [0.15, 0.2) is 78.9 Å². The number of hydrogen-bond donors (Lipinski definition) is 1. The van der Waals surface area contributed by atoms with Gasteiger partial charge in [0, 0.05) is 44.7 Å². The molecule has 0 bridgehead atoms. The molecular weight excluding hydrogens is 464 g/mol. The first kappa shape index (κ1) is 27.0. The number of nitrogens with zero attached hydrogens (tertiary/aromatic N) is 2. The molecule has 3 aromatic carbocycles. The van der Waals surface area contributed by atoms with Gasteiger partial charge >= 0.3 is 0 Å². The van der Waals surface area contributed by atoms with Gasteiger partial charge in [0.15, 0.2) is 0 Å². The molecule has 1 fully saturated rings. The highest BCUT2D eigenvalue weighted by Crippen LogP contribution is 2.32. The molecule has 4 rings (SSSR count). The SMILES string of the molecule is COc1ccc(OCCN2CCN(C[C@@H](O)COc3ccc(C(C)(C)c4ccccc4)cc3)CC2)cc1. The topological polar surface area (TPSA) is 54.4 Å². The van der Waals surface area contributed by atoms with E-state index in [1.54, 1.807) is 7.11 Å². The number of hydrogen-bond acceptors (Lipinski definition) is 6. The largest absolute Gasteiger partial charge is 0.497 e. The highest BCUT2D eigenvalue weighted by Gasteiger charge is 2.23. The summed E-state index contributed by atoms with van der Waals surface area (Å²) in [5.41, 5.74) is 2.44. The third kappa shape index (κ3) is 7.71. The second kappa shape index (κ2) is 13.0. The standard InChI is InChI=1S/C31H40N2O4/c1-31(2,25-7-5-4-6-8-25)26-9-11-30(12-10-26)37-24-27(34)23-33-19-17-32(18-20-33)21-22-36-29-15-13-28(35-3)14-16-29/h4-16,27,34H,17-24H2,1-3H3/t27-/m1/s1. The molecule has 1 saturated heterocycles. The zero-order valence-corrected chi connectivity index (χ0v) is 22.3. The molecule has 1 atom stereocenters. The molecule has 0 spiro atoms. The van der Waals surface area contributed by atoms with Crippen LogP contribution in [-0.2, 0) is 5.41 Å². The molecule has 0 saturated carbocycles. The zero-order valence-electron chi connectivity index (χ0n) is 22.3. The number of β-amino-alcohol motifs (C(OH)–C–C–N with tert-alkyl or cyclic N) is 1. The number of piperazine rings is 1. The first-order valence-electron chi connectivity index (χ1n) is 13.1. The molecule has 0 unspecified atom stereocenters. The first-order valence-corrected chi connectivity index (χ1v) is 13.1. The quantitative estimate of drug-likeness (QED) is 0.393. The molecule has 0 radical (unpaired) electrons. The second-order valence-corrected chi connectivity index (χ2v) is 10.1. The summed E-state index contributed by atoms with van der Waals surface area (Å²) >= 11 is 0. The Hall–Kier alpha value is -3.06. The normalized spacial score (nSPS) is 15.8. The van der Waals surface area contributed by atoms with E-state index in [9.17, 15) is 5.11 Å². The van der Waals surface area contributed by atoms with Crippen molar-refractivity contribution in [1.29, 1.82) is 0 Å². The van der Waals surface area contributed by atoms with Crippen molar-refractivity contribution in [1.82, 2.24) is 9.80 Å². The van der Waals surface area contributed by atoms with Crippen LogP contribution in [0.4, 0.5) is 0 Å². The van der Waals surface area contributed by atoms with Crippen molar-refractivity contribution in [2.24, 2.45) is 0 Å². The van der Waals surface area contributed by atoms with Crippen LogP contribution in [0.5, 0.6) is 17.2 Å². The Morgan fingerprint density at radius 2 is 1.27 bits per heavy atom. The summed E-state index contributed by atoms with van der Waals surface area (Å²) in [5, 5.41) is 10.6. The van der Waals surface area contributed by atoms with Crippen LogP contribution < -0.4 is 14.2 Å². The summed E-state index contributed by atoms with van der Waals surface area (Å²) in [6.07, 6.45) is -0.523. The van der Waals surface area contributed by atoms with Crippen molar-refractivity contribution >= 4 is 0 Å². The first-order chi connectivity index (χ1) is 17.9. The maximum absolute atomic E-state index is 10.6. The Labute approximate surface area is 221 Å². The maximum Gasteiger partial charge on any atom is 0.119 e. The van der Waals surface area contributed by atoms with E-state index in [2.05, 4.69) is 60.0 Å². The number of rotatable bonds is 12. The molecule has 6 heteroatoms. The van der Waals surface area contributed by atoms with E-state index in [-0.39, 0.29) is 12.0 Å². The Kier molecular flexibility index (Phi) is 9.45. The van der Waals surface area contributed by atoms with Gasteiger partial charge in [-0.2, -0.15) is 0 Å². The smallest absolute Gasteiger partial charge is 0.119 e. The van der Waals surface area contributed by atoms with Crippen molar-refractivity contribution in [3.05, 3.63) is 90.0 Å². The summed E-state index contributed by atoms with van der Waals surface area (Å²) in [6, 6.07) is 26.4. The van der Waals surface area contributed by atoms with Crippen molar-refractivity contribution < 1.29 is 19.3 Å². The van der Waals surface area contributed by atoms with Crippen molar-refractivity contribution in [2.75, 3.05) is 59.6 Å². The molecule has 0 aliphatic carbocycles. The van der Waals surface area contributed by atoms with Crippen molar-refractivity contribution in [3.8, 4) is 17.2 Å². The summed E-state index contributed by atoms with van der Waals surface area (Å²) in [7, 11) is 1.66. The van der Waals surface area contributed by atoms with Crippen LogP contribution in [-0.4, -0.2) is 80.6 Å². The summed E-state index contributed by atoms with van der Waals surface area (Å²) in [6.45, 7) is 10.7. The minimum Gasteiger partial charge on any atom is -0.497 e. The minimum atomic E-state index is -0.523. The zero-order chi connectivity index (χ0) is 26.1. The fourth-order valence-electron chi connectivity index (χ4n) is 4.69. The lowest BCUT2D eigenvalue weighted by atomic mass is 9.78. The Bertz CT molecular complexity index is 1060. The monoisotopic (exact) mass is 504 g/mol. The van der Waals surface area contributed by atoms with E-state index in [4.69, 9.17) is 14.2 Å². The molecule has 6 nitrogen and oxygen atoms in total. The number of benzene rings is 3. The summed E-state index contributed by atoms with van der Waals surface area (Å²) in [5.74, 6) is 2.47. The van der Waals surface area contributed by atoms with Gasteiger partial charge in [-0.05, 0) is 47.5 Å². The maximum atomic E-state index is 10.6. The van der Waals surface area contributed by atoms with E-state index >= 15 is 0 Å². The molecular formula is C31H40N2O4. The second-order valence-electron chi connectivity index (χ2n) is 10.1. The van der Waals surface area contributed by atoms with Gasteiger partial charge in [-0.3, -0.25) is 9.80 Å². The van der Waals surface area contributed by atoms with E-state index in [0.717, 1.165) is 50.0 Å². The molecule has 1 aliphatic heterocycles. The van der Waals surface area contributed by atoms with Crippen LogP contribution in [0, 0.1) is 0 Å². The molecule has 37 heavy (non-hydrogen) atoms. The number of aliphatic hydroxyl groups excluding tert-OH is 1. The molecule has 0 aromatic heterocycles. The molecule has 3 aromatic rings. The van der Waals surface area contributed by atoms with Gasteiger partial charge in [-0.1, -0.05) is 56.3 Å². The van der Waals surface area contributed by atoms with Crippen LogP contribution in [0.2, 0.25) is 0 Å². The van der Waals surface area contributed by atoms with Crippen LogP contribution in [0.3, 0.4) is 0 Å². The van der Waals surface area contributed by atoms with Gasteiger partial charge in [0.1, 0.15) is 36.6 Å². The molecule has 1 heterocycles. The van der Waals surface area contributed by atoms with Gasteiger partial charge in [0.2, 0.25) is 0 Å². The predicted molar refractivity (Wildman–Crippen MR) is 148 cm³/mol. The third-order valence-corrected chi connectivity index (χ3v) is 7.18. The number of aliphatic hydroxyl groups is 1. The lowest BCUT2D eigenvalue weighted by Crippen LogP contribution is -2.50. The van der Waals surface area contributed by atoms with Crippen molar-refractivity contribution in [2.45, 2.75) is 25.4 Å². The summed E-state index contributed by atoms with van der Waals surface area (Å²) in [4.78, 5) is 4.71. The minimum absolute atomic E-state index is 0.0801. The third-order valence-electron chi connectivity index (χ3n) is 7.18. The fourth-order valence-corrected chi connectivity index (χ4v) is 4.69. The molecule has 198 valence electrons. The fraction of sp³-hybridized carbons (Fsp3) is 0.419. The van der Waals surface area contributed by atoms with Gasteiger partial charge in [-0.25, -0.2) is 0 Å². The average molecular weight is 505 g/mol. The van der Waals surface area contributed by atoms with Crippen LogP contribution in [0.25, 0.3) is 0 Å².